The molecule has 0 nitrogen and oxygen atoms in total. The van der Waals surface area contributed by atoms with Crippen LogP contribution in [0.3, 0.4) is 0 Å². The molecule has 0 aromatic heterocycles. The number of allylic oxidation sites excluding steroid dienone is 4. The largest absolute Gasteiger partial charge is 0.673 e. The average Bonchev–Trinajstić information content (AvgIpc) is 2.71. The van der Waals surface area contributed by atoms with Gasteiger partial charge in [-0.3, -0.25) is 0 Å². The third kappa shape index (κ3) is 22.4. The van der Waals surface area contributed by atoms with E-state index in [0.29, 0.717) is 0 Å². The normalized spacial score (nSPS) is 15.5. The maximum Gasteiger partial charge on any atom is 0.673 e. The molecule has 0 amide bonds. The molecule has 0 heterocycles. The van der Waals surface area contributed by atoms with Crippen LogP contribution in [-0.4, -0.2) is 19.6 Å². The Balaban J connectivity index is 0.000000570. The van der Waals surface area contributed by atoms with E-state index in [4.69, 9.17) is 0 Å². The molecule has 2 atom stereocenters. The summed E-state index contributed by atoms with van der Waals surface area (Å²) in [5.41, 5.74) is 0. The zero-order valence-electron chi connectivity index (χ0n) is 18.2. The summed E-state index contributed by atoms with van der Waals surface area (Å²) in [6.45, 7) is 0. The third-order valence-electron chi connectivity index (χ3n) is 4.14. The van der Waals surface area contributed by atoms with E-state index in [-0.39, 0.29) is 19.5 Å². The monoisotopic (exact) mass is 572 g/mol. The first kappa shape index (κ1) is 31.2. The van der Waals surface area contributed by atoms with Gasteiger partial charge in [0.15, 0.2) is 0 Å². The Morgan fingerprint density at radius 2 is 0.844 bits per heavy atom. The van der Waals surface area contributed by atoms with Crippen molar-refractivity contribution in [3.63, 3.8) is 0 Å². The zero-order valence-corrected chi connectivity index (χ0v) is 21.8. The SMILES string of the molecule is C1=C\CC/C=C\CC/1.F[B-](F)(F)F.[Rh].c1ccc(PCCCCPc2ccccc2)cc1. The van der Waals surface area contributed by atoms with Crippen molar-refractivity contribution in [2.75, 3.05) is 12.3 Å². The Bertz CT molecular complexity index is 650. The van der Waals surface area contributed by atoms with Gasteiger partial charge in [0.1, 0.15) is 0 Å². The Morgan fingerprint density at radius 1 is 0.562 bits per heavy atom. The molecule has 0 bridgehead atoms. The fraction of sp³-hybridized carbons (Fsp3) is 0.333. The van der Waals surface area contributed by atoms with Crippen molar-refractivity contribution < 1.29 is 36.7 Å². The number of hydrogen-bond donors (Lipinski definition) is 0. The summed E-state index contributed by atoms with van der Waals surface area (Å²) in [5.74, 6) is 0. The summed E-state index contributed by atoms with van der Waals surface area (Å²) in [5, 5.41) is 3.01. The van der Waals surface area contributed by atoms with Gasteiger partial charge in [-0.25, -0.2) is 0 Å². The van der Waals surface area contributed by atoms with Crippen LogP contribution in [-0.2, 0) is 19.5 Å². The summed E-state index contributed by atoms with van der Waals surface area (Å²) in [6, 6.07) is 21.7. The van der Waals surface area contributed by atoms with Crippen LogP contribution >= 0.6 is 17.2 Å². The molecule has 1 aliphatic rings. The Kier molecular flexibility index (Phi) is 20.2. The molecule has 0 spiro atoms. The molecule has 1 aliphatic carbocycles. The fourth-order valence-electron chi connectivity index (χ4n) is 2.68. The van der Waals surface area contributed by atoms with Crippen LogP contribution in [0.1, 0.15) is 38.5 Å². The fourth-order valence-corrected chi connectivity index (χ4v) is 4.97. The summed E-state index contributed by atoms with van der Waals surface area (Å²) in [7, 11) is -4.03. The number of unbranched alkanes of at least 4 members (excludes halogenated alkanes) is 1. The van der Waals surface area contributed by atoms with Crippen molar-refractivity contribution >= 4 is 35.0 Å². The predicted octanol–water partition coefficient (Wildman–Crippen LogP) is 7.74. The summed E-state index contributed by atoms with van der Waals surface area (Å²) in [6.07, 6.45) is 19.4. The number of halogens is 4. The molecule has 1 radical (unpaired) electrons. The predicted molar refractivity (Wildman–Crippen MR) is 135 cm³/mol. The minimum Gasteiger partial charge on any atom is -0.418 e. The second-order valence-electron chi connectivity index (χ2n) is 6.89. The maximum absolute atomic E-state index is 9.75. The molecular formula is C24H32BF4P2Rh-. The zero-order chi connectivity index (χ0) is 22.6. The van der Waals surface area contributed by atoms with Crippen molar-refractivity contribution in [3.8, 4) is 0 Å². The molecule has 0 fully saturated rings. The second kappa shape index (κ2) is 20.8. The van der Waals surface area contributed by atoms with Crippen LogP contribution in [0.25, 0.3) is 0 Å². The molecule has 0 saturated heterocycles. The molecule has 0 aliphatic heterocycles. The van der Waals surface area contributed by atoms with E-state index < -0.39 is 7.25 Å². The first-order chi connectivity index (χ1) is 14.9. The summed E-state index contributed by atoms with van der Waals surface area (Å²) < 4.78 is 39.0. The van der Waals surface area contributed by atoms with Crippen molar-refractivity contribution in [2.24, 2.45) is 0 Å². The van der Waals surface area contributed by atoms with Crippen LogP contribution in [0.15, 0.2) is 85.0 Å². The van der Waals surface area contributed by atoms with Crippen LogP contribution < -0.4 is 10.6 Å². The number of rotatable bonds is 7. The second-order valence-corrected chi connectivity index (χ2v) is 9.75. The van der Waals surface area contributed by atoms with Crippen molar-refractivity contribution in [1.29, 1.82) is 0 Å². The van der Waals surface area contributed by atoms with Gasteiger partial charge in [0.05, 0.1) is 0 Å². The van der Waals surface area contributed by atoms with Crippen LogP contribution in [0.5, 0.6) is 0 Å². The number of benzene rings is 2. The van der Waals surface area contributed by atoms with Crippen molar-refractivity contribution in [2.45, 2.75) is 38.5 Å². The van der Waals surface area contributed by atoms with Crippen molar-refractivity contribution in [3.05, 3.63) is 85.0 Å². The smallest absolute Gasteiger partial charge is 0.418 e. The molecule has 8 heteroatoms. The van der Waals surface area contributed by atoms with E-state index in [2.05, 4.69) is 85.0 Å². The molecule has 2 unspecified atom stereocenters. The van der Waals surface area contributed by atoms with Crippen LogP contribution in [0.4, 0.5) is 17.3 Å². The molecule has 0 saturated carbocycles. The van der Waals surface area contributed by atoms with Gasteiger partial charge in [-0.15, -0.1) is 0 Å². The van der Waals surface area contributed by atoms with Crippen LogP contribution in [0.2, 0.25) is 0 Å². The Hall–Kier alpha value is -0.812. The van der Waals surface area contributed by atoms with E-state index in [1.807, 2.05) is 0 Å². The molecule has 2 aromatic carbocycles. The van der Waals surface area contributed by atoms with Gasteiger partial charge in [-0.2, -0.15) is 0 Å². The Labute approximate surface area is 207 Å². The minimum atomic E-state index is -6.00. The maximum atomic E-state index is 9.75. The quantitative estimate of drug-likeness (QED) is 0.105. The van der Waals surface area contributed by atoms with E-state index in [1.54, 1.807) is 0 Å². The van der Waals surface area contributed by atoms with E-state index in [0.717, 1.165) is 17.2 Å². The van der Waals surface area contributed by atoms with Gasteiger partial charge in [0.25, 0.3) is 0 Å². The van der Waals surface area contributed by atoms with Crippen molar-refractivity contribution in [1.82, 2.24) is 0 Å². The van der Waals surface area contributed by atoms with Gasteiger partial charge in [-0.05, 0) is 61.5 Å². The Morgan fingerprint density at radius 3 is 1.12 bits per heavy atom. The molecule has 179 valence electrons. The van der Waals surface area contributed by atoms with Gasteiger partial charge >= 0.3 is 7.25 Å². The van der Waals surface area contributed by atoms with Crippen LogP contribution in [0, 0.1) is 0 Å². The molecule has 32 heavy (non-hydrogen) atoms. The first-order valence-electron chi connectivity index (χ1n) is 10.7. The van der Waals surface area contributed by atoms with E-state index in [9.17, 15) is 17.3 Å². The minimum absolute atomic E-state index is 0. The third-order valence-corrected chi connectivity index (χ3v) is 6.83. The topological polar surface area (TPSA) is 0 Å². The summed E-state index contributed by atoms with van der Waals surface area (Å²) in [4.78, 5) is 0. The summed E-state index contributed by atoms with van der Waals surface area (Å²) >= 11 is 0. The van der Waals surface area contributed by atoms with Gasteiger partial charge in [0, 0.05) is 19.5 Å². The average molecular weight is 572 g/mol. The van der Waals surface area contributed by atoms with Gasteiger partial charge < -0.3 is 17.3 Å². The molecule has 3 rings (SSSR count). The van der Waals surface area contributed by atoms with Gasteiger partial charge in [0.2, 0.25) is 0 Å². The van der Waals surface area contributed by atoms with E-state index in [1.165, 1.54) is 61.5 Å². The molecule has 0 N–H and O–H groups in total. The first-order valence-corrected chi connectivity index (χ1v) is 13.1. The number of hydrogen-bond acceptors (Lipinski definition) is 0. The van der Waals surface area contributed by atoms with Gasteiger partial charge in [-0.1, -0.05) is 102 Å². The van der Waals surface area contributed by atoms with E-state index >= 15 is 0 Å². The standard InChI is InChI=1S/C16H20P2.C8H12.BF4.Rh/c1-3-9-15(10-4-1)17-13-7-8-14-18-16-11-5-2-6-12-16;1-2-4-6-8-7-5-3-1;2-1(3,4)5;/h1-6,9-12,17-18H,7-8,13-14H2;1-2,7-8H,3-6H2;;/q;;-1;/b;2-1-,8-7-;;. The molecule has 2 aromatic rings. The molecular weight excluding hydrogens is 540 g/mol.